The van der Waals surface area contributed by atoms with E-state index >= 15 is 0 Å². The lowest BCUT2D eigenvalue weighted by atomic mass is 10.2. The molecule has 3 heterocycles. The van der Waals surface area contributed by atoms with Gasteiger partial charge in [-0.1, -0.05) is 42.1 Å². The van der Waals surface area contributed by atoms with Crippen molar-refractivity contribution in [3.63, 3.8) is 0 Å². The third-order valence-electron chi connectivity index (χ3n) is 5.00. The number of thiazole rings is 1. The Hall–Kier alpha value is -2.28. The maximum Gasteiger partial charge on any atom is 0.277 e. The maximum atomic E-state index is 12.7. The third kappa shape index (κ3) is 5.37. The first kappa shape index (κ1) is 22.9. The van der Waals surface area contributed by atoms with Crippen LogP contribution in [0.15, 0.2) is 40.0 Å². The Morgan fingerprint density at radius 1 is 1.12 bits per heavy atom. The summed E-state index contributed by atoms with van der Waals surface area (Å²) in [7, 11) is -3.41. The van der Waals surface area contributed by atoms with Crippen molar-refractivity contribution in [2.75, 3.05) is 31.9 Å². The molecule has 0 N–H and O–H groups in total. The number of sulfonamides is 1. The summed E-state index contributed by atoms with van der Waals surface area (Å²) in [6, 6.07) is 9.11. The Kier molecular flexibility index (Phi) is 6.93. The van der Waals surface area contributed by atoms with Crippen LogP contribution in [-0.2, 0) is 20.6 Å². The summed E-state index contributed by atoms with van der Waals surface area (Å²) in [6.07, 6.45) is 0. The summed E-state index contributed by atoms with van der Waals surface area (Å²) in [5.41, 5.74) is 1.59. The number of carbonyl (C=O) groups is 1. The van der Waals surface area contributed by atoms with E-state index in [2.05, 4.69) is 15.2 Å². The molecule has 1 saturated heterocycles. The molecule has 0 unspecified atom stereocenters. The highest BCUT2D eigenvalue weighted by molar-refractivity contribution is 7.99. The third-order valence-corrected chi connectivity index (χ3v) is 8.71. The van der Waals surface area contributed by atoms with Gasteiger partial charge in [0.15, 0.2) is 0 Å². The summed E-state index contributed by atoms with van der Waals surface area (Å²) < 4.78 is 32.5. The monoisotopic (exact) mass is 493 g/mol. The van der Waals surface area contributed by atoms with Crippen molar-refractivity contribution < 1.29 is 17.6 Å². The molecule has 1 aliphatic rings. The van der Waals surface area contributed by atoms with E-state index in [1.54, 1.807) is 17.0 Å². The fraction of sp³-hybridized carbons (Fsp3) is 0.400. The Balaban J connectivity index is 1.27. The number of carbonyl (C=O) groups excluding carboxylic acids is 1. The first-order valence-corrected chi connectivity index (χ1v) is 13.4. The highest BCUT2D eigenvalue weighted by atomic mass is 32.2. The van der Waals surface area contributed by atoms with Gasteiger partial charge in [0.25, 0.3) is 11.1 Å². The van der Waals surface area contributed by atoms with Crippen LogP contribution in [0.3, 0.4) is 0 Å². The molecule has 1 fully saturated rings. The van der Waals surface area contributed by atoms with Crippen LogP contribution in [0.25, 0.3) is 10.8 Å². The Bertz CT molecular complexity index is 1190. The number of aromatic nitrogens is 3. The minimum atomic E-state index is -3.41. The fourth-order valence-electron chi connectivity index (χ4n) is 3.40. The van der Waals surface area contributed by atoms with E-state index in [9.17, 15) is 13.2 Å². The SMILES string of the molecule is Cc1nc(C)c(-c2nnc(SCC(=O)N3CCN(S(=O)(=O)Cc4ccccc4)CC3)o2)s1. The van der Waals surface area contributed by atoms with Crippen molar-refractivity contribution in [1.82, 2.24) is 24.4 Å². The number of aryl methyl sites for hydroxylation is 2. The first-order valence-electron chi connectivity index (χ1n) is 10.0. The van der Waals surface area contributed by atoms with Crippen molar-refractivity contribution in [2.24, 2.45) is 0 Å². The summed E-state index contributed by atoms with van der Waals surface area (Å²) in [6.45, 7) is 5.11. The van der Waals surface area contributed by atoms with E-state index < -0.39 is 10.0 Å². The van der Waals surface area contributed by atoms with Gasteiger partial charge in [0, 0.05) is 26.2 Å². The summed E-state index contributed by atoms with van der Waals surface area (Å²) >= 11 is 2.66. The lowest BCUT2D eigenvalue weighted by Crippen LogP contribution is -2.51. The number of hydrogen-bond acceptors (Lipinski definition) is 9. The molecule has 0 atom stereocenters. The number of thioether (sulfide) groups is 1. The molecule has 170 valence electrons. The van der Waals surface area contributed by atoms with Gasteiger partial charge in [0.1, 0.15) is 4.88 Å². The molecule has 2 aromatic heterocycles. The van der Waals surface area contributed by atoms with Crippen LogP contribution in [-0.4, -0.2) is 70.6 Å². The second-order valence-electron chi connectivity index (χ2n) is 7.33. The molecule has 1 aliphatic heterocycles. The standard InChI is InChI=1S/C20H23N5O4S3/c1-14-18(31-15(2)21-14)19-22-23-20(29-19)30-12-17(26)24-8-10-25(11-9-24)32(27,28)13-16-6-4-3-5-7-16/h3-7H,8-13H2,1-2H3. The highest BCUT2D eigenvalue weighted by Crippen LogP contribution is 2.30. The molecule has 9 nitrogen and oxygen atoms in total. The maximum absolute atomic E-state index is 12.7. The fourth-order valence-corrected chi connectivity index (χ4v) is 6.42. The highest BCUT2D eigenvalue weighted by Gasteiger charge is 2.29. The molecular weight excluding hydrogens is 470 g/mol. The second-order valence-corrected chi connectivity index (χ2v) is 11.4. The zero-order valence-corrected chi connectivity index (χ0v) is 20.2. The zero-order chi connectivity index (χ0) is 22.7. The zero-order valence-electron chi connectivity index (χ0n) is 17.7. The van der Waals surface area contributed by atoms with Gasteiger partial charge in [0.2, 0.25) is 15.9 Å². The molecule has 0 radical (unpaired) electrons. The van der Waals surface area contributed by atoms with E-state index in [0.717, 1.165) is 21.1 Å². The Morgan fingerprint density at radius 2 is 1.84 bits per heavy atom. The van der Waals surface area contributed by atoms with E-state index in [0.29, 0.717) is 37.3 Å². The Labute approximate surface area is 194 Å². The van der Waals surface area contributed by atoms with Crippen LogP contribution < -0.4 is 0 Å². The van der Waals surface area contributed by atoms with Gasteiger partial charge in [-0.15, -0.1) is 21.5 Å². The molecule has 0 bridgehead atoms. The van der Waals surface area contributed by atoms with Crippen LogP contribution in [0, 0.1) is 13.8 Å². The van der Waals surface area contributed by atoms with Crippen molar-refractivity contribution >= 4 is 39.0 Å². The molecule has 32 heavy (non-hydrogen) atoms. The van der Waals surface area contributed by atoms with Crippen molar-refractivity contribution in [1.29, 1.82) is 0 Å². The van der Waals surface area contributed by atoms with Gasteiger partial charge in [-0.2, -0.15) is 4.31 Å². The lowest BCUT2D eigenvalue weighted by molar-refractivity contribution is -0.129. The molecule has 3 aromatic rings. The second kappa shape index (κ2) is 9.69. The molecular formula is C20H23N5O4S3. The van der Waals surface area contributed by atoms with Gasteiger partial charge < -0.3 is 9.32 Å². The van der Waals surface area contributed by atoms with Crippen LogP contribution in [0.4, 0.5) is 0 Å². The molecule has 1 amide bonds. The number of hydrogen-bond donors (Lipinski definition) is 0. The average Bonchev–Trinajstić information content (AvgIpc) is 3.38. The average molecular weight is 494 g/mol. The Morgan fingerprint density at radius 3 is 2.50 bits per heavy atom. The van der Waals surface area contributed by atoms with Gasteiger partial charge in [-0.05, 0) is 19.4 Å². The number of benzene rings is 1. The number of piperazine rings is 1. The molecule has 0 spiro atoms. The van der Waals surface area contributed by atoms with E-state index in [-0.39, 0.29) is 17.4 Å². The van der Waals surface area contributed by atoms with E-state index in [4.69, 9.17) is 4.42 Å². The largest absolute Gasteiger partial charge is 0.410 e. The van der Waals surface area contributed by atoms with Crippen LogP contribution >= 0.6 is 23.1 Å². The number of nitrogens with zero attached hydrogens (tertiary/aromatic N) is 5. The topological polar surface area (TPSA) is 110 Å². The smallest absolute Gasteiger partial charge is 0.277 e. The summed E-state index contributed by atoms with van der Waals surface area (Å²) in [4.78, 5) is 19.5. The predicted octanol–water partition coefficient (Wildman–Crippen LogP) is 2.58. The van der Waals surface area contributed by atoms with Crippen LogP contribution in [0.5, 0.6) is 0 Å². The van der Waals surface area contributed by atoms with E-state index in [1.165, 1.54) is 27.4 Å². The first-order chi connectivity index (χ1) is 15.3. The quantitative estimate of drug-likeness (QED) is 0.462. The lowest BCUT2D eigenvalue weighted by Gasteiger charge is -2.34. The minimum Gasteiger partial charge on any atom is -0.410 e. The van der Waals surface area contributed by atoms with Crippen molar-refractivity contribution in [3.05, 3.63) is 46.6 Å². The predicted molar refractivity (Wildman–Crippen MR) is 123 cm³/mol. The molecule has 0 saturated carbocycles. The minimum absolute atomic E-state index is 0.0319. The summed E-state index contributed by atoms with van der Waals surface area (Å²) in [5, 5.41) is 9.31. The molecule has 1 aromatic carbocycles. The van der Waals surface area contributed by atoms with Gasteiger partial charge in [-0.25, -0.2) is 13.4 Å². The van der Waals surface area contributed by atoms with Gasteiger partial charge >= 0.3 is 0 Å². The van der Waals surface area contributed by atoms with Crippen molar-refractivity contribution in [2.45, 2.75) is 24.8 Å². The molecule has 0 aliphatic carbocycles. The van der Waals surface area contributed by atoms with Gasteiger partial charge in [-0.3, -0.25) is 4.79 Å². The van der Waals surface area contributed by atoms with Crippen LogP contribution in [0.1, 0.15) is 16.3 Å². The number of amides is 1. The molecule has 12 heteroatoms. The normalized spacial score (nSPS) is 15.2. The van der Waals surface area contributed by atoms with E-state index in [1.807, 2.05) is 32.0 Å². The van der Waals surface area contributed by atoms with Crippen LogP contribution in [0.2, 0.25) is 0 Å². The molecule has 4 rings (SSSR count). The van der Waals surface area contributed by atoms with Crippen molar-refractivity contribution in [3.8, 4) is 10.8 Å². The van der Waals surface area contributed by atoms with Gasteiger partial charge in [0.05, 0.1) is 22.2 Å². The summed E-state index contributed by atoms with van der Waals surface area (Å²) in [5.74, 6) is 0.439. The number of rotatable bonds is 7.